The summed E-state index contributed by atoms with van der Waals surface area (Å²) < 4.78 is 25.0. The SMILES string of the molecule is COc1cc(/C=C2\SC(=S)N(CC(=O)O)C2=O)ccc1OCC1=CCCC=C1F. The maximum absolute atomic E-state index is 13.8. The Morgan fingerprint density at radius 3 is 2.79 bits per heavy atom. The Kier molecular flexibility index (Phi) is 6.71. The molecule has 0 saturated carbocycles. The van der Waals surface area contributed by atoms with Crippen LogP contribution >= 0.6 is 24.0 Å². The molecule has 1 aliphatic heterocycles. The number of allylic oxidation sites excluding steroid dienone is 2. The summed E-state index contributed by atoms with van der Waals surface area (Å²) in [7, 11) is 1.48. The third kappa shape index (κ3) is 5.04. The van der Waals surface area contributed by atoms with E-state index in [9.17, 15) is 14.0 Å². The molecule has 0 radical (unpaired) electrons. The Hall–Kier alpha value is -2.65. The summed E-state index contributed by atoms with van der Waals surface area (Å²) >= 11 is 6.13. The number of hydrogen-bond acceptors (Lipinski definition) is 6. The Bertz CT molecular complexity index is 954. The number of carbonyl (C=O) groups is 2. The van der Waals surface area contributed by atoms with Gasteiger partial charge >= 0.3 is 5.97 Å². The number of hydrogen-bond donors (Lipinski definition) is 1. The predicted molar refractivity (Wildman–Crippen MR) is 113 cm³/mol. The Morgan fingerprint density at radius 2 is 2.10 bits per heavy atom. The van der Waals surface area contributed by atoms with Crippen molar-refractivity contribution in [2.45, 2.75) is 12.8 Å². The number of thioether (sulfide) groups is 1. The number of methoxy groups -OCH3 is 1. The van der Waals surface area contributed by atoms with E-state index in [0.717, 1.165) is 23.1 Å². The number of benzene rings is 1. The monoisotopic (exact) mass is 435 g/mol. The van der Waals surface area contributed by atoms with E-state index in [1.54, 1.807) is 30.4 Å². The molecule has 152 valence electrons. The van der Waals surface area contributed by atoms with Crippen LogP contribution in [0.25, 0.3) is 6.08 Å². The number of carboxylic acid groups (broad SMARTS) is 1. The molecule has 9 heteroatoms. The second-order valence-corrected chi connectivity index (χ2v) is 7.90. The Morgan fingerprint density at radius 1 is 1.34 bits per heavy atom. The number of rotatable bonds is 7. The second-order valence-electron chi connectivity index (χ2n) is 6.22. The summed E-state index contributed by atoms with van der Waals surface area (Å²) in [6.45, 7) is -0.384. The molecule has 1 heterocycles. The Labute approximate surface area is 176 Å². The summed E-state index contributed by atoms with van der Waals surface area (Å²) in [4.78, 5) is 24.6. The number of halogens is 1. The molecule has 3 rings (SSSR count). The summed E-state index contributed by atoms with van der Waals surface area (Å²) in [6, 6.07) is 5.08. The van der Waals surface area contributed by atoms with Crippen LogP contribution < -0.4 is 9.47 Å². The summed E-state index contributed by atoms with van der Waals surface area (Å²) in [5, 5.41) is 8.90. The lowest BCUT2D eigenvalue weighted by Crippen LogP contribution is -2.33. The van der Waals surface area contributed by atoms with Crippen molar-refractivity contribution in [3.05, 3.63) is 52.2 Å². The zero-order valence-corrected chi connectivity index (χ0v) is 17.1. The largest absolute Gasteiger partial charge is 0.493 e. The molecule has 1 aromatic carbocycles. The number of amides is 1. The molecule has 0 bridgehead atoms. The van der Waals surface area contributed by atoms with Crippen LogP contribution in [0.4, 0.5) is 4.39 Å². The normalized spacial score (nSPS) is 18.0. The van der Waals surface area contributed by atoms with Gasteiger partial charge in [-0.25, -0.2) is 4.39 Å². The van der Waals surface area contributed by atoms with E-state index >= 15 is 0 Å². The maximum Gasteiger partial charge on any atom is 0.323 e. The first-order valence-electron chi connectivity index (χ1n) is 8.72. The van der Waals surface area contributed by atoms with Gasteiger partial charge in [-0.05, 0) is 42.7 Å². The number of carboxylic acids is 1. The smallest absolute Gasteiger partial charge is 0.323 e. The van der Waals surface area contributed by atoms with E-state index in [-0.39, 0.29) is 16.8 Å². The molecule has 1 aliphatic carbocycles. The molecule has 1 saturated heterocycles. The topological polar surface area (TPSA) is 76.1 Å². The first-order valence-corrected chi connectivity index (χ1v) is 9.94. The zero-order chi connectivity index (χ0) is 21.0. The minimum Gasteiger partial charge on any atom is -0.493 e. The van der Waals surface area contributed by atoms with Crippen LogP contribution in [-0.4, -0.2) is 46.5 Å². The minimum absolute atomic E-state index is 0.0892. The van der Waals surface area contributed by atoms with Crippen LogP contribution in [0.1, 0.15) is 18.4 Å². The molecule has 0 atom stereocenters. The van der Waals surface area contributed by atoms with E-state index in [4.69, 9.17) is 26.8 Å². The molecule has 1 fully saturated rings. The van der Waals surface area contributed by atoms with Gasteiger partial charge in [-0.1, -0.05) is 36.1 Å². The molecular formula is C20H18FNO5S2. The van der Waals surface area contributed by atoms with Gasteiger partial charge in [0, 0.05) is 5.57 Å². The highest BCUT2D eigenvalue weighted by Crippen LogP contribution is 2.35. The van der Waals surface area contributed by atoms with Gasteiger partial charge in [0.25, 0.3) is 5.91 Å². The minimum atomic E-state index is -1.13. The highest BCUT2D eigenvalue weighted by atomic mass is 32.2. The molecule has 0 spiro atoms. The average Bonchev–Trinajstić information content (AvgIpc) is 2.95. The molecule has 6 nitrogen and oxygen atoms in total. The van der Waals surface area contributed by atoms with Crippen LogP contribution in [0.3, 0.4) is 0 Å². The van der Waals surface area contributed by atoms with E-state index < -0.39 is 18.4 Å². The molecule has 0 unspecified atom stereocenters. The number of thiocarbonyl (C=S) groups is 1. The van der Waals surface area contributed by atoms with Gasteiger partial charge in [-0.2, -0.15) is 0 Å². The quantitative estimate of drug-likeness (QED) is 0.514. The highest BCUT2D eigenvalue weighted by Gasteiger charge is 2.33. The lowest BCUT2D eigenvalue weighted by atomic mass is 10.1. The van der Waals surface area contributed by atoms with Gasteiger partial charge in [-0.3, -0.25) is 14.5 Å². The first kappa shape index (κ1) is 21.1. The fourth-order valence-corrected chi connectivity index (χ4v) is 4.05. The fourth-order valence-electron chi connectivity index (χ4n) is 2.80. The predicted octanol–water partition coefficient (Wildman–Crippen LogP) is 3.93. The average molecular weight is 435 g/mol. The van der Waals surface area contributed by atoms with Gasteiger partial charge in [0.2, 0.25) is 0 Å². The van der Waals surface area contributed by atoms with Crippen LogP contribution in [0.2, 0.25) is 0 Å². The van der Waals surface area contributed by atoms with Crippen molar-refractivity contribution in [3.63, 3.8) is 0 Å². The number of aliphatic carboxylic acids is 1. The van der Waals surface area contributed by atoms with Crippen molar-refractivity contribution in [3.8, 4) is 11.5 Å². The van der Waals surface area contributed by atoms with Crippen molar-refractivity contribution < 1.29 is 28.6 Å². The van der Waals surface area contributed by atoms with Crippen LogP contribution in [-0.2, 0) is 9.59 Å². The van der Waals surface area contributed by atoms with Crippen molar-refractivity contribution in [2.24, 2.45) is 0 Å². The Balaban J connectivity index is 1.75. The van der Waals surface area contributed by atoms with Crippen LogP contribution in [0.5, 0.6) is 11.5 Å². The van der Waals surface area contributed by atoms with Crippen molar-refractivity contribution in [1.82, 2.24) is 4.90 Å². The van der Waals surface area contributed by atoms with E-state index in [1.807, 2.05) is 6.08 Å². The second kappa shape index (κ2) is 9.23. The molecule has 2 aliphatic rings. The molecule has 1 N–H and O–H groups in total. The standard InChI is InChI=1S/C20H18FNO5S2/c1-26-16-8-12(9-17-19(25)22(10-18(23)24)20(28)29-17)6-7-15(16)27-11-13-4-2-3-5-14(13)21/h4-9H,2-3,10-11H2,1H3,(H,23,24)/b17-9-. The molecule has 29 heavy (non-hydrogen) atoms. The number of carbonyl (C=O) groups excluding carboxylic acids is 1. The molecule has 0 aromatic heterocycles. The maximum atomic E-state index is 13.8. The van der Waals surface area contributed by atoms with Crippen molar-refractivity contribution in [2.75, 3.05) is 20.3 Å². The van der Waals surface area contributed by atoms with Crippen LogP contribution in [0.15, 0.2) is 46.7 Å². The molecule has 1 aromatic rings. The molecule has 1 amide bonds. The first-order chi connectivity index (χ1) is 13.9. The number of nitrogens with zero attached hydrogens (tertiary/aromatic N) is 1. The third-order valence-electron chi connectivity index (χ3n) is 4.22. The zero-order valence-electron chi connectivity index (χ0n) is 15.5. The molecular weight excluding hydrogens is 417 g/mol. The summed E-state index contributed by atoms with van der Waals surface area (Å²) in [5.74, 6) is -0.976. The third-order valence-corrected chi connectivity index (χ3v) is 5.60. The van der Waals surface area contributed by atoms with Crippen molar-refractivity contribution in [1.29, 1.82) is 0 Å². The lowest BCUT2D eigenvalue weighted by Gasteiger charge is -2.14. The summed E-state index contributed by atoms with van der Waals surface area (Å²) in [6.07, 6.45) is 6.43. The van der Waals surface area contributed by atoms with Gasteiger partial charge in [0.1, 0.15) is 23.3 Å². The van der Waals surface area contributed by atoms with Gasteiger partial charge in [-0.15, -0.1) is 0 Å². The van der Waals surface area contributed by atoms with E-state index in [2.05, 4.69) is 0 Å². The van der Waals surface area contributed by atoms with Crippen LogP contribution in [0, 0.1) is 0 Å². The lowest BCUT2D eigenvalue weighted by molar-refractivity contribution is -0.140. The van der Waals surface area contributed by atoms with Gasteiger partial charge < -0.3 is 14.6 Å². The van der Waals surface area contributed by atoms with E-state index in [1.165, 1.54) is 7.11 Å². The summed E-state index contributed by atoms with van der Waals surface area (Å²) in [5.41, 5.74) is 1.16. The van der Waals surface area contributed by atoms with Gasteiger partial charge in [0.15, 0.2) is 11.5 Å². The highest BCUT2D eigenvalue weighted by molar-refractivity contribution is 8.26. The van der Waals surface area contributed by atoms with Crippen molar-refractivity contribution >= 4 is 46.3 Å². The van der Waals surface area contributed by atoms with E-state index in [0.29, 0.717) is 34.0 Å². The fraction of sp³-hybridized carbons (Fsp3) is 0.250. The number of ether oxygens (including phenoxy) is 2. The van der Waals surface area contributed by atoms with Gasteiger partial charge in [0.05, 0.1) is 12.0 Å².